The van der Waals surface area contributed by atoms with Crippen molar-refractivity contribution in [2.75, 3.05) is 32.5 Å². The zero-order chi connectivity index (χ0) is 26.8. The fraction of sp³-hybridized carbons (Fsp3) is 0.520. The second kappa shape index (κ2) is 11.8. The van der Waals surface area contributed by atoms with Crippen LogP contribution in [0.1, 0.15) is 25.7 Å². The van der Waals surface area contributed by atoms with Crippen molar-refractivity contribution in [3.05, 3.63) is 45.6 Å². The van der Waals surface area contributed by atoms with Crippen LogP contribution in [0.15, 0.2) is 40.5 Å². The van der Waals surface area contributed by atoms with Crippen LogP contribution < -0.4 is 21.3 Å². The molecule has 1 aliphatic carbocycles. The van der Waals surface area contributed by atoms with Gasteiger partial charge in [0.1, 0.15) is 5.82 Å². The molecule has 1 fully saturated rings. The van der Waals surface area contributed by atoms with Gasteiger partial charge in [-0.25, -0.2) is 4.98 Å². The average molecular weight is 578 g/mol. The third kappa shape index (κ3) is 6.24. The normalized spacial score (nSPS) is 29.0. The van der Waals surface area contributed by atoms with Gasteiger partial charge in [-0.1, -0.05) is 23.4 Å². The highest BCUT2D eigenvalue weighted by Gasteiger charge is 2.40. The van der Waals surface area contributed by atoms with Crippen LogP contribution in [0.25, 0.3) is 0 Å². The molecule has 4 aliphatic rings. The fourth-order valence-corrected chi connectivity index (χ4v) is 7.84. The molecule has 0 radical (unpaired) electrons. The van der Waals surface area contributed by atoms with Gasteiger partial charge in [-0.05, 0) is 49.8 Å². The Morgan fingerprint density at radius 1 is 1.13 bits per heavy atom. The molecular weight excluding hydrogens is 546 g/mol. The van der Waals surface area contributed by atoms with Gasteiger partial charge in [0.15, 0.2) is 5.37 Å². The number of hydrogen-bond acceptors (Lipinski definition) is 9. The van der Waals surface area contributed by atoms with Crippen molar-refractivity contribution < 1.29 is 14.4 Å². The molecule has 4 heterocycles. The fourth-order valence-electron chi connectivity index (χ4n) is 5.32. The number of thioether (sulfide) groups is 2. The lowest BCUT2D eigenvalue weighted by Crippen LogP contribution is -2.58. The first kappa shape index (κ1) is 27.2. The Labute approximate surface area is 235 Å². The number of likely N-dealkylation sites (N-methyl/N-ethyl adjacent to an activating group) is 1. The van der Waals surface area contributed by atoms with E-state index in [0.717, 1.165) is 31.6 Å². The number of hydrogen-bond donors (Lipinski definition) is 4. The van der Waals surface area contributed by atoms with E-state index in [1.165, 1.54) is 17.2 Å². The highest BCUT2D eigenvalue weighted by molar-refractivity contribution is 8.04. The topological polar surface area (TPSA) is 119 Å². The molecule has 13 heteroatoms. The van der Waals surface area contributed by atoms with Gasteiger partial charge in [0.05, 0.1) is 10.4 Å². The minimum Gasteiger partial charge on any atom is -0.368 e. The predicted octanol–water partition coefficient (Wildman–Crippen LogP) is 2.13. The summed E-state index contributed by atoms with van der Waals surface area (Å²) in [5.74, 6) is -1.10. The molecule has 5 atom stereocenters. The lowest BCUT2D eigenvalue weighted by molar-refractivity contribution is -0.137. The van der Waals surface area contributed by atoms with E-state index >= 15 is 0 Å². The van der Waals surface area contributed by atoms with Crippen molar-refractivity contribution in [2.24, 2.45) is 5.92 Å². The third-order valence-electron chi connectivity index (χ3n) is 7.33. The van der Waals surface area contributed by atoms with Gasteiger partial charge in [-0.2, -0.15) is 0 Å². The largest absolute Gasteiger partial charge is 0.368 e. The van der Waals surface area contributed by atoms with Crippen LogP contribution in [0.3, 0.4) is 0 Å². The summed E-state index contributed by atoms with van der Waals surface area (Å²) in [5.41, 5.74) is 1.15. The van der Waals surface area contributed by atoms with Gasteiger partial charge < -0.3 is 31.1 Å². The van der Waals surface area contributed by atoms with Gasteiger partial charge in [-0.15, -0.1) is 11.8 Å². The molecule has 5 rings (SSSR count). The maximum absolute atomic E-state index is 13.4. The number of carbonyl (C=O) groups excluding carboxylic acids is 3. The summed E-state index contributed by atoms with van der Waals surface area (Å²) in [6.45, 7) is 1.81. The number of amides is 3. The van der Waals surface area contributed by atoms with E-state index in [9.17, 15) is 14.4 Å². The number of nitrogens with zero attached hydrogens (tertiary/aromatic N) is 3. The maximum atomic E-state index is 13.4. The molecule has 1 aromatic rings. The van der Waals surface area contributed by atoms with E-state index in [1.54, 1.807) is 29.6 Å². The van der Waals surface area contributed by atoms with Crippen molar-refractivity contribution in [1.82, 2.24) is 30.7 Å². The Morgan fingerprint density at radius 3 is 2.71 bits per heavy atom. The summed E-state index contributed by atoms with van der Waals surface area (Å²) in [5, 5.41) is 14.4. The van der Waals surface area contributed by atoms with E-state index in [4.69, 9.17) is 11.6 Å². The molecule has 0 bridgehead atoms. The first-order valence-corrected chi connectivity index (χ1v) is 14.9. The van der Waals surface area contributed by atoms with Crippen molar-refractivity contribution in [2.45, 2.75) is 48.5 Å². The van der Waals surface area contributed by atoms with Crippen LogP contribution >= 0.6 is 35.1 Å². The molecule has 0 saturated heterocycles. The number of anilines is 1. The summed E-state index contributed by atoms with van der Waals surface area (Å²) in [7, 11) is 4.14. The standard InChI is InChI=1S/C25H32ClN7O3S2/c1-32-8-7-17-19(13-32)38-24(30-17)23(36)29-18-11-14(25-33(2)9-10-37-25)3-5-16(18)28-21(34)22(35)31-20-6-4-15(26)12-27-20/h4,6,9-10,12,14,16,18,24-25,30H,3,5,7-8,11,13H2,1-2H3,(H,28,34)(H,29,36)(H,27,31,35)/t14-,16+,18-,24?,25?/m1/s1. The molecule has 0 spiro atoms. The summed E-state index contributed by atoms with van der Waals surface area (Å²) >= 11 is 9.19. The summed E-state index contributed by atoms with van der Waals surface area (Å²) in [6, 6.07) is 2.45. The first-order chi connectivity index (χ1) is 18.3. The Morgan fingerprint density at radius 2 is 1.97 bits per heavy atom. The van der Waals surface area contributed by atoms with Crippen LogP contribution in [0.2, 0.25) is 5.02 Å². The van der Waals surface area contributed by atoms with Crippen LogP contribution in [0.4, 0.5) is 5.82 Å². The molecule has 4 N–H and O–H groups in total. The lowest BCUT2D eigenvalue weighted by Gasteiger charge is -2.40. The molecule has 1 aromatic heterocycles. The Balaban J connectivity index is 1.23. The average Bonchev–Trinajstić information content (AvgIpc) is 3.52. The van der Waals surface area contributed by atoms with Gasteiger partial charge in [0.25, 0.3) is 5.91 Å². The molecule has 0 aromatic carbocycles. The maximum Gasteiger partial charge on any atom is 0.314 e. The Hall–Kier alpha value is -2.41. The minimum absolute atomic E-state index is 0.0997. The molecule has 38 heavy (non-hydrogen) atoms. The predicted molar refractivity (Wildman–Crippen MR) is 151 cm³/mol. The molecular formula is C25H32ClN7O3S2. The van der Waals surface area contributed by atoms with Gasteiger partial charge in [0.2, 0.25) is 0 Å². The molecule has 3 amide bonds. The van der Waals surface area contributed by atoms with Gasteiger partial charge in [-0.3, -0.25) is 14.4 Å². The number of nitrogens with one attached hydrogen (secondary N) is 4. The molecule has 10 nitrogen and oxygen atoms in total. The second-order valence-electron chi connectivity index (χ2n) is 10.1. The number of halogens is 1. The van der Waals surface area contributed by atoms with E-state index in [0.29, 0.717) is 23.8 Å². The summed E-state index contributed by atoms with van der Waals surface area (Å²) in [4.78, 5) is 48.5. The minimum atomic E-state index is -0.809. The van der Waals surface area contributed by atoms with Gasteiger partial charge in [0, 0.05) is 61.6 Å². The smallest absolute Gasteiger partial charge is 0.314 e. The third-order valence-corrected chi connectivity index (χ3v) is 10.1. The summed E-state index contributed by atoms with van der Waals surface area (Å²) < 4.78 is 0. The Bertz CT molecular complexity index is 1150. The second-order valence-corrected chi connectivity index (χ2v) is 12.8. The monoisotopic (exact) mass is 577 g/mol. The SMILES string of the molecule is CN1CCC2=C(C1)SC(C(=O)N[C@@H]1C[C@H](C3SC=CN3C)CC[C@@H]1NC(=O)C(=O)Nc1ccc(Cl)cn1)N2. The van der Waals surface area contributed by atoms with Crippen LogP contribution in [0.5, 0.6) is 0 Å². The molecule has 3 aliphatic heterocycles. The highest BCUT2D eigenvalue weighted by Crippen LogP contribution is 2.39. The molecule has 204 valence electrons. The number of pyridine rings is 1. The van der Waals surface area contributed by atoms with Crippen LogP contribution in [-0.4, -0.2) is 82.5 Å². The van der Waals surface area contributed by atoms with Crippen molar-refractivity contribution in [1.29, 1.82) is 0 Å². The number of aromatic nitrogens is 1. The highest BCUT2D eigenvalue weighted by atomic mass is 35.5. The number of rotatable bonds is 5. The zero-order valence-corrected chi connectivity index (χ0v) is 23.7. The van der Waals surface area contributed by atoms with E-state index in [-0.39, 0.29) is 29.2 Å². The van der Waals surface area contributed by atoms with Crippen LogP contribution in [-0.2, 0) is 14.4 Å². The van der Waals surface area contributed by atoms with Crippen molar-refractivity contribution in [3.63, 3.8) is 0 Å². The van der Waals surface area contributed by atoms with E-state index < -0.39 is 17.2 Å². The van der Waals surface area contributed by atoms with E-state index in [2.05, 4.69) is 61.8 Å². The lowest BCUT2D eigenvalue weighted by atomic mass is 9.81. The first-order valence-electron chi connectivity index (χ1n) is 12.7. The van der Waals surface area contributed by atoms with Crippen molar-refractivity contribution in [3.8, 4) is 0 Å². The number of carbonyl (C=O) groups is 3. The van der Waals surface area contributed by atoms with Gasteiger partial charge >= 0.3 is 11.8 Å². The quantitative estimate of drug-likeness (QED) is 0.390. The molecule has 1 saturated carbocycles. The van der Waals surface area contributed by atoms with Crippen LogP contribution in [0, 0.1) is 5.92 Å². The zero-order valence-electron chi connectivity index (χ0n) is 21.3. The molecule has 2 unspecified atom stereocenters. The summed E-state index contributed by atoms with van der Waals surface area (Å²) in [6.07, 6.45) is 6.60. The van der Waals surface area contributed by atoms with E-state index in [1.807, 2.05) is 0 Å². The van der Waals surface area contributed by atoms with Crippen molar-refractivity contribution >= 4 is 58.7 Å². The Kier molecular flexibility index (Phi) is 8.41.